The molecule has 23 heavy (non-hydrogen) atoms. The van der Waals surface area contributed by atoms with Crippen molar-refractivity contribution in [1.82, 2.24) is 10.2 Å². The Morgan fingerprint density at radius 1 is 1.13 bits per heavy atom. The molecule has 0 spiro atoms. The molecule has 0 atom stereocenters. The molecule has 1 aromatic carbocycles. The molecule has 0 bridgehead atoms. The fraction of sp³-hybridized carbons (Fsp3) is 0.429. The highest BCUT2D eigenvalue weighted by Crippen LogP contribution is 2.19. The van der Waals surface area contributed by atoms with Gasteiger partial charge < -0.3 is 10.2 Å². The van der Waals surface area contributed by atoms with Crippen LogP contribution in [0.1, 0.15) is 23.2 Å². The van der Waals surface area contributed by atoms with E-state index in [4.69, 9.17) is 23.2 Å². The van der Waals surface area contributed by atoms with E-state index in [1.165, 1.54) is 4.90 Å². The average Bonchev–Trinajstić information content (AvgIpc) is 2.53. The maximum absolute atomic E-state index is 13.7. The van der Waals surface area contributed by atoms with Crippen molar-refractivity contribution in [3.05, 3.63) is 35.1 Å². The van der Waals surface area contributed by atoms with E-state index in [-0.39, 0.29) is 19.1 Å². The van der Waals surface area contributed by atoms with Gasteiger partial charge in [-0.15, -0.1) is 0 Å². The number of nitrogens with one attached hydrogen (secondary N) is 1. The summed E-state index contributed by atoms with van der Waals surface area (Å²) in [6.45, 7) is 0.467. The number of piperidine rings is 1. The first-order chi connectivity index (χ1) is 10.8. The summed E-state index contributed by atoms with van der Waals surface area (Å²) in [7, 11) is 0. The third-order valence-electron chi connectivity index (χ3n) is 3.59. The Labute approximate surface area is 140 Å². The van der Waals surface area contributed by atoms with Crippen molar-refractivity contribution in [3.63, 3.8) is 0 Å². The van der Waals surface area contributed by atoms with Gasteiger partial charge in [-0.05, 0) is 25.0 Å². The molecule has 0 radical (unpaired) electrons. The zero-order chi connectivity index (χ0) is 17.1. The van der Waals surface area contributed by atoms with E-state index in [0.717, 1.165) is 6.07 Å². The molecule has 0 saturated carbocycles. The Kier molecular flexibility index (Phi) is 5.75. The summed E-state index contributed by atoms with van der Waals surface area (Å²) < 4.78 is 39.8. The van der Waals surface area contributed by atoms with Crippen LogP contribution in [0, 0.1) is 17.5 Å². The second kappa shape index (κ2) is 7.40. The summed E-state index contributed by atoms with van der Waals surface area (Å²) >= 11 is 10.9. The molecule has 2 amide bonds. The Morgan fingerprint density at radius 2 is 1.74 bits per heavy atom. The fourth-order valence-electron chi connectivity index (χ4n) is 2.35. The van der Waals surface area contributed by atoms with Crippen LogP contribution in [0.15, 0.2) is 12.1 Å². The maximum atomic E-state index is 13.7. The molecular formula is C14H13Cl2F3N2O2. The van der Waals surface area contributed by atoms with Crippen LogP contribution >= 0.6 is 23.2 Å². The second-order valence-corrected chi connectivity index (χ2v) is 6.19. The van der Waals surface area contributed by atoms with Gasteiger partial charge in [0.2, 0.25) is 0 Å². The third-order valence-corrected chi connectivity index (χ3v) is 3.99. The van der Waals surface area contributed by atoms with Gasteiger partial charge in [0.15, 0.2) is 22.3 Å². The predicted octanol–water partition coefficient (Wildman–Crippen LogP) is 2.63. The first kappa shape index (κ1) is 17.9. The zero-order valence-electron chi connectivity index (χ0n) is 11.8. The van der Waals surface area contributed by atoms with Gasteiger partial charge in [0, 0.05) is 19.1 Å². The van der Waals surface area contributed by atoms with E-state index in [2.05, 4.69) is 5.32 Å². The van der Waals surface area contributed by atoms with Crippen LogP contribution in [0.25, 0.3) is 0 Å². The fourth-order valence-corrected chi connectivity index (χ4v) is 2.48. The standard InChI is InChI=1S/C14H13Cl2F3N2O2/c15-12(16)13(22)20-7-3-5-21(6-4-7)14(23)8-1-2-9(17)11(19)10(8)18/h1-2,7,12H,3-6H2,(H,20,22). The molecule has 0 unspecified atom stereocenters. The van der Waals surface area contributed by atoms with Gasteiger partial charge in [-0.1, -0.05) is 23.2 Å². The maximum Gasteiger partial charge on any atom is 0.256 e. The van der Waals surface area contributed by atoms with Crippen molar-refractivity contribution < 1.29 is 22.8 Å². The van der Waals surface area contributed by atoms with Crippen molar-refractivity contribution in [1.29, 1.82) is 0 Å². The number of carbonyl (C=O) groups excluding carboxylic acids is 2. The molecule has 2 rings (SSSR count). The molecule has 1 aliphatic rings. The van der Waals surface area contributed by atoms with Crippen molar-refractivity contribution in [2.45, 2.75) is 23.7 Å². The van der Waals surface area contributed by atoms with Crippen molar-refractivity contribution >= 4 is 35.0 Å². The van der Waals surface area contributed by atoms with Crippen LogP contribution < -0.4 is 5.32 Å². The van der Waals surface area contributed by atoms with Crippen molar-refractivity contribution in [2.24, 2.45) is 0 Å². The molecular weight excluding hydrogens is 356 g/mol. The van der Waals surface area contributed by atoms with Gasteiger partial charge in [-0.25, -0.2) is 13.2 Å². The lowest BCUT2D eigenvalue weighted by atomic mass is 10.0. The van der Waals surface area contributed by atoms with Crippen molar-refractivity contribution in [2.75, 3.05) is 13.1 Å². The van der Waals surface area contributed by atoms with E-state index in [1.807, 2.05) is 0 Å². The first-order valence-corrected chi connectivity index (χ1v) is 7.70. The number of carbonyl (C=O) groups is 2. The second-order valence-electron chi connectivity index (χ2n) is 5.10. The minimum absolute atomic E-state index is 0.207. The summed E-state index contributed by atoms with van der Waals surface area (Å²) in [4.78, 5) is 23.7. The molecule has 126 valence electrons. The smallest absolute Gasteiger partial charge is 0.256 e. The van der Waals surface area contributed by atoms with Gasteiger partial charge in [0.1, 0.15) is 0 Å². The van der Waals surface area contributed by atoms with E-state index in [9.17, 15) is 22.8 Å². The van der Waals surface area contributed by atoms with Crippen LogP contribution in [0.2, 0.25) is 0 Å². The predicted molar refractivity (Wildman–Crippen MR) is 78.9 cm³/mol. The van der Waals surface area contributed by atoms with Crippen LogP contribution in [-0.2, 0) is 4.79 Å². The number of hydrogen-bond acceptors (Lipinski definition) is 2. The summed E-state index contributed by atoms with van der Waals surface area (Å²) in [5.74, 6) is -5.77. The molecule has 1 saturated heterocycles. The molecule has 9 heteroatoms. The van der Waals surface area contributed by atoms with Crippen LogP contribution in [0.3, 0.4) is 0 Å². The topological polar surface area (TPSA) is 49.4 Å². The first-order valence-electron chi connectivity index (χ1n) is 6.82. The van der Waals surface area contributed by atoms with Gasteiger partial charge >= 0.3 is 0 Å². The zero-order valence-corrected chi connectivity index (χ0v) is 13.3. The van der Waals surface area contributed by atoms with Gasteiger partial charge in [0.05, 0.1) is 5.56 Å². The Balaban J connectivity index is 1.99. The van der Waals surface area contributed by atoms with E-state index < -0.39 is 39.7 Å². The highest BCUT2D eigenvalue weighted by molar-refractivity contribution is 6.53. The van der Waals surface area contributed by atoms with E-state index >= 15 is 0 Å². The SMILES string of the molecule is O=C(NC1CCN(C(=O)c2ccc(F)c(F)c2F)CC1)C(Cl)Cl. The lowest BCUT2D eigenvalue weighted by molar-refractivity contribution is -0.120. The van der Waals surface area contributed by atoms with Crippen LogP contribution in [-0.4, -0.2) is 40.7 Å². The molecule has 0 aromatic heterocycles. The lowest BCUT2D eigenvalue weighted by Crippen LogP contribution is -2.47. The average molecular weight is 369 g/mol. The Hall–Kier alpha value is -1.47. The number of halogens is 5. The molecule has 0 aliphatic carbocycles. The quantitative estimate of drug-likeness (QED) is 0.658. The number of hydrogen-bond donors (Lipinski definition) is 1. The molecule has 1 aliphatic heterocycles. The third kappa shape index (κ3) is 4.09. The van der Waals surface area contributed by atoms with Crippen LogP contribution in [0.4, 0.5) is 13.2 Å². The molecule has 1 fully saturated rings. The van der Waals surface area contributed by atoms with E-state index in [0.29, 0.717) is 18.9 Å². The van der Waals surface area contributed by atoms with Crippen molar-refractivity contribution in [3.8, 4) is 0 Å². The summed E-state index contributed by atoms with van der Waals surface area (Å²) in [5.41, 5.74) is -0.520. The number of benzene rings is 1. The number of rotatable bonds is 3. The minimum Gasteiger partial charge on any atom is -0.351 e. The highest BCUT2D eigenvalue weighted by atomic mass is 35.5. The number of likely N-dealkylation sites (tertiary alicyclic amines) is 1. The molecule has 1 N–H and O–H groups in total. The Morgan fingerprint density at radius 3 is 2.30 bits per heavy atom. The lowest BCUT2D eigenvalue weighted by Gasteiger charge is -2.32. The Bertz CT molecular complexity index is 620. The number of alkyl halides is 2. The minimum atomic E-state index is -1.67. The number of nitrogens with zero attached hydrogens (tertiary/aromatic N) is 1. The van der Waals surface area contributed by atoms with Gasteiger partial charge in [-0.2, -0.15) is 0 Å². The summed E-state index contributed by atoms with van der Waals surface area (Å²) in [6, 6.07) is 1.41. The largest absolute Gasteiger partial charge is 0.351 e. The molecule has 4 nitrogen and oxygen atoms in total. The van der Waals surface area contributed by atoms with Gasteiger partial charge in [-0.3, -0.25) is 9.59 Å². The number of amides is 2. The summed E-state index contributed by atoms with van der Waals surface area (Å²) in [5, 5.41) is 2.62. The summed E-state index contributed by atoms with van der Waals surface area (Å²) in [6.07, 6.45) is 0.840. The van der Waals surface area contributed by atoms with E-state index in [1.54, 1.807) is 0 Å². The molecule has 1 aromatic rings. The van der Waals surface area contributed by atoms with Gasteiger partial charge in [0.25, 0.3) is 11.8 Å². The normalized spacial score (nSPS) is 15.8. The molecule has 1 heterocycles. The monoisotopic (exact) mass is 368 g/mol. The highest BCUT2D eigenvalue weighted by Gasteiger charge is 2.28. The van der Waals surface area contributed by atoms with Crippen LogP contribution in [0.5, 0.6) is 0 Å².